The van der Waals surface area contributed by atoms with Gasteiger partial charge in [-0.1, -0.05) is 78.9 Å². The van der Waals surface area contributed by atoms with E-state index in [2.05, 4.69) is 49.4 Å². The van der Waals surface area contributed by atoms with Crippen molar-refractivity contribution in [3.05, 3.63) is 109 Å². The van der Waals surface area contributed by atoms with E-state index in [0.29, 0.717) is 0 Å². The average molecular weight is 358 g/mol. The van der Waals surface area contributed by atoms with Crippen molar-refractivity contribution in [1.29, 1.82) is 0 Å². The molecule has 0 N–H and O–H groups in total. The largest absolute Gasteiger partial charge is 0.497 e. The minimum atomic E-state index is 0.910. The summed E-state index contributed by atoms with van der Waals surface area (Å²) in [6.07, 6.45) is 0. The molecule has 27 heavy (non-hydrogen) atoms. The molecule has 0 heterocycles. The van der Waals surface area contributed by atoms with Crippen LogP contribution in [0.5, 0.6) is 11.5 Å². The van der Waals surface area contributed by atoms with Gasteiger partial charge in [0.1, 0.15) is 11.5 Å². The Labute approximate surface area is 162 Å². The summed E-state index contributed by atoms with van der Waals surface area (Å²) >= 11 is 0. The summed E-state index contributed by atoms with van der Waals surface area (Å²) in [5, 5.41) is 2.68. The van der Waals surface area contributed by atoms with Crippen LogP contribution in [0.3, 0.4) is 0 Å². The van der Waals surface area contributed by atoms with Crippen LogP contribution in [0.15, 0.2) is 103 Å². The summed E-state index contributed by atoms with van der Waals surface area (Å²) in [5.74, 6) is 1.82. The van der Waals surface area contributed by atoms with Gasteiger partial charge < -0.3 is 9.47 Å². The third-order valence-electron chi connectivity index (χ3n) is 3.97. The van der Waals surface area contributed by atoms with Crippen LogP contribution in [0, 0.1) is 6.92 Å². The molecule has 2 nitrogen and oxygen atoms in total. The molecular weight excluding hydrogens is 332 g/mol. The van der Waals surface area contributed by atoms with E-state index < -0.39 is 0 Å². The highest BCUT2D eigenvalue weighted by molar-refractivity contribution is 5.85. The van der Waals surface area contributed by atoms with Crippen LogP contribution in [0.1, 0.15) is 5.56 Å². The van der Waals surface area contributed by atoms with E-state index in [1.165, 1.54) is 16.3 Å². The van der Waals surface area contributed by atoms with E-state index in [1.807, 2.05) is 60.7 Å². The second kappa shape index (κ2) is 11.4. The van der Waals surface area contributed by atoms with Crippen molar-refractivity contribution >= 4 is 10.8 Å². The first-order valence-electron chi connectivity index (χ1n) is 8.87. The highest BCUT2D eigenvalue weighted by Gasteiger charge is 1.92. The van der Waals surface area contributed by atoms with Gasteiger partial charge in [0.2, 0.25) is 0 Å². The predicted octanol–water partition coefficient (Wildman–Crippen LogP) is 6.54. The monoisotopic (exact) mass is 358 g/mol. The van der Waals surface area contributed by atoms with Crippen LogP contribution in [0.25, 0.3) is 10.8 Å². The minimum absolute atomic E-state index is 0.910. The number of fused-ring (bicyclic) bond motifs is 1. The topological polar surface area (TPSA) is 18.5 Å². The molecular formula is C25H26O2. The Hall–Kier alpha value is -3.26. The Kier molecular flexibility index (Phi) is 8.45. The van der Waals surface area contributed by atoms with Crippen LogP contribution in [-0.4, -0.2) is 14.2 Å². The van der Waals surface area contributed by atoms with Gasteiger partial charge in [-0.25, -0.2) is 0 Å². The highest BCUT2D eigenvalue weighted by Crippen LogP contribution is 2.16. The summed E-state index contributed by atoms with van der Waals surface area (Å²) in [4.78, 5) is 0. The van der Waals surface area contributed by atoms with Gasteiger partial charge in [0.25, 0.3) is 0 Å². The number of methoxy groups -OCH3 is 2. The van der Waals surface area contributed by atoms with Crippen LogP contribution < -0.4 is 9.47 Å². The minimum Gasteiger partial charge on any atom is -0.497 e. The fourth-order valence-electron chi connectivity index (χ4n) is 2.50. The first-order valence-corrected chi connectivity index (χ1v) is 8.87. The van der Waals surface area contributed by atoms with Gasteiger partial charge in [-0.2, -0.15) is 0 Å². The number of aryl methyl sites for hydroxylation is 1. The molecule has 4 aromatic carbocycles. The number of hydrogen-bond donors (Lipinski definition) is 0. The molecule has 0 unspecified atom stereocenters. The molecule has 0 aliphatic heterocycles. The lowest BCUT2D eigenvalue weighted by Crippen LogP contribution is -1.78. The van der Waals surface area contributed by atoms with Crippen molar-refractivity contribution in [1.82, 2.24) is 0 Å². The predicted molar refractivity (Wildman–Crippen MR) is 115 cm³/mol. The smallest absolute Gasteiger partial charge is 0.118 e. The van der Waals surface area contributed by atoms with E-state index in [0.717, 1.165) is 11.5 Å². The molecule has 0 fully saturated rings. The van der Waals surface area contributed by atoms with Crippen molar-refractivity contribution in [2.24, 2.45) is 0 Å². The van der Waals surface area contributed by atoms with Crippen LogP contribution >= 0.6 is 0 Å². The Morgan fingerprint density at radius 3 is 1.37 bits per heavy atom. The lowest BCUT2D eigenvalue weighted by molar-refractivity contribution is 0.414. The molecule has 0 atom stereocenters. The Morgan fingerprint density at radius 2 is 0.926 bits per heavy atom. The Morgan fingerprint density at radius 1 is 0.481 bits per heavy atom. The number of para-hydroxylation sites is 2. The van der Waals surface area contributed by atoms with E-state index in [-0.39, 0.29) is 0 Å². The van der Waals surface area contributed by atoms with E-state index >= 15 is 0 Å². The van der Waals surface area contributed by atoms with Crippen LogP contribution in [0.4, 0.5) is 0 Å². The molecule has 0 saturated carbocycles. The van der Waals surface area contributed by atoms with Gasteiger partial charge >= 0.3 is 0 Å². The fourth-order valence-corrected chi connectivity index (χ4v) is 2.50. The molecule has 4 aromatic rings. The summed E-state index contributed by atoms with van der Waals surface area (Å²) in [5.41, 5.74) is 1.35. The maximum absolute atomic E-state index is 4.91. The van der Waals surface area contributed by atoms with E-state index in [4.69, 9.17) is 9.47 Å². The molecule has 138 valence electrons. The fraction of sp³-hybridized carbons (Fsp3) is 0.120. The zero-order valence-electron chi connectivity index (χ0n) is 16.1. The molecule has 0 aliphatic carbocycles. The third kappa shape index (κ3) is 6.87. The van der Waals surface area contributed by atoms with Crippen molar-refractivity contribution in [3.8, 4) is 11.5 Å². The first kappa shape index (κ1) is 20.1. The molecule has 0 amide bonds. The molecule has 0 saturated heterocycles. The molecule has 0 radical (unpaired) electrons. The van der Waals surface area contributed by atoms with E-state index in [1.54, 1.807) is 14.2 Å². The second-order valence-corrected chi connectivity index (χ2v) is 5.83. The van der Waals surface area contributed by atoms with Crippen molar-refractivity contribution in [3.63, 3.8) is 0 Å². The lowest BCUT2D eigenvalue weighted by atomic mass is 10.1. The van der Waals surface area contributed by atoms with E-state index in [9.17, 15) is 0 Å². The van der Waals surface area contributed by atoms with Crippen LogP contribution in [0.2, 0.25) is 0 Å². The summed E-state index contributed by atoms with van der Waals surface area (Å²) in [6, 6.07) is 34.2. The van der Waals surface area contributed by atoms with Crippen molar-refractivity contribution < 1.29 is 9.47 Å². The summed E-state index contributed by atoms with van der Waals surface area (Å²) in [6.45, 7) is 2.14. The lowest BCUT2D eigenvalue weighted by Gasteiger charge is -1.98. The molecule has 4 rings (SSSR count). The quantitative estimate of drug-likeness (QED) is 0.405. The molecule has 0 aromatic heterocycles. The maximum atomic E-state index is 4.91. The first-order chi connectivity index (χ1) is 13.2. The highest BCUT2D eigenvalue weighted by atomic mass is 16.5. The SMILES string of the molecule is COc1ccccc1.COc1ccccc1.Cc1cccc2ccccc12. The number of benzene rings is 4. The standard InChI is InChI=1S/C11H10.2C7H8O/c1-9-5-4-7-10-6-2-3-8-11(9)10;2*1-8-7-5-3-2-4-6-7/h2-8H,1H3;2*2-6H,1H3. The van der Waals surface area contributed by atoms with Crippen molar-refractivity contribution in [2.75, 3.05) is 14.2 Å². The number of hydrogen-bond acceptors (Lipinski definition) is 2. The summed E-state index contributed by atoms with van der Waals surface area (Å²) in [7, 11) is 3.32. The maximum Gasteiger partial charge on any atom is 0.118 e. The van der Waals surface area contributed by atoms with Gasteiger partial charge in [0.15, 0.2) is 0 Å². The third-order valence-corrected chi connectivity index (χ3v) is 3.97. The molecule has 0 spiro atoms. The number of rotatable bonds is 2. The second-order valence-electron chi connectivity index (χ2n) is 5.83. The Balaban J connectivity index is 0.000000149. The number of ether oxygens (including phenoxy) is 2. The van der Waals surface area contributed by atoms with Gasteiger partial charge in [-0.3, -0.25) is 0 Å². The van der Waals surface area contributed by atoms with Gasteiger partial charge in [-0.15, -0.1) is 0 Å². The van der Waals surface area contributed by atoms with Gasteiger partial charge in [-0.05, 0) is 47.5 Å². The summed E-state index contributed by atoms with van der Waals surface area (Å²) < 4.78 is 9.83. The molecule has 0 bridgehead atoms. The zero-order chi connectivity index (χ0) is 19.3. The molecule has 2 heteroatoms. The normalized spacial score (nSPS) is 9.30. The average Bonchev–Trinajstić information content (AvgIpc) is 2.76. The van der Waals surface area contributed by atoms with Gasteiger partial charge in [0, 0.05) is 0 Å². The van der Waals surface area contributed by atoms with Gasteiger partial charge in [0.05, 0.1) is 14.2 Å². The van der Waals surface area contributed by atoms with Crippen molar-refractivity contribution in [2.45, 2.75) is 6.92 Å². The molecule has 0 aliphatic rings. The van der Waals surface area contributed by atoms with Crippen LogP contribution in [-0.2, 0) is 0 Å². The zero-order valence-corrected chi connectivity index (χ0v) is 16.1. The Bertz CT molecular complexity index is 858.